The largest absolute Gasteiger partial charge is 0.373 e. The van der Waals surface area contributed by atoms with Crippen molar-refractivity contribution in [3.05, 3.63) is 40.4 Å². The molecule has 0 bridgehead atoms. The lowest BCUT2D eigenvalue weighted by Gasteiger charge is -2.19. The molecule has 0 aliphatic carbocycles. The van der Waals surface area contributed by atoms with Gasteiger partial charge < -0.3 is 5.32 Å². The van der Waals surface area contributed by atoms with Crippen molar-refractivity contribution in [1.82, 2.24) is 0 Å². The molecule has 0 fully saturated rings. The highest BCUT2D eigenvalue weighted by molar-refractivity contribution is 6.42. The zero-order valence-corrected chi connectivity index (χ0v) is 13.8. The van der Waals surface area contributed by atoms with E-state index in [-0.39, 0.29) is 12.0 Å². The Morgan fingerprint density at radius 2 is 1.22 bits per heavy atom. The maximum absolute atomic E-state index is 11.2. The molecule has 10 nitrogen and oxygen atoms in total. The van der Waals surface area contributed by atoms with Gasteiger partial charge in [-0.1, -0.05) is 44.0 Å². The molecule has 1 N–H and O–H groups in total. The molecular weight excluding hydrogens is 355 g/mol. The summed E-state index contributed by atoms with van der Waals surface area (Å²) in [6.07, 6.45) is 0. The zero-order valence-electron chi connectivity index (χ0n) is 12.3. The van der Waals surface area contributed by atoms with Gasteiger partial charge in [-0.25, -0.2) is 0 Å². The molecule has 0 amide bonds. The molecule has 0 radical (unpaired) electrons. The summed E-state index contributed by atoms with van der Waals surface area (Å²) in [7, 11) is 0. The zero-order chi connectivity index (χ0) is 18.1. The Bertz CT molecular complexity index is 660. The molecule has 0 spiro atoms. The minimum absolute atomic E-state index is 0.110. The van der Waals surface area contributed by atoms with Gasteiger partial charge in [-0.05, 0) is 5.41 Å². The van der Waals surface area contributed by atoms with E-state index in [0.717, 1.165) is 0 Å². The van der Waals surface area contributed by atoms with E-state index in [1.807, 2.05) is 0 Å². The van der Waals surface area contributed by atoms with Crippen LogP contribution in [0.3, 0.4) is 0 Å². The molecule has 0 aliphatic rings. The van der Waals surface area contributed by atoms with Crippen LogP contribution in [0, 0.1) is 35.8 Å². The number of nitrogens with one attached hydrogen (secondary N) is 1. The Balaban J connectivity index is 3.80. The first-order valence-electron chi connectivity index (χ1n) is 6.10. The number of hydrogen-bond donors (Lipinski definition) is 1. The monoisotopic (exact) mass is 366 g/mol. The van der Waals surface area contributed by atoms with Gasteiger partial charge in [0.25, 0.3) is 0 Å². The molecule has 0 unspecified atom stereocenters. The van der Waals surface area contributed by atoms with Gasteiger partial charge >= 0.3 is 17.1 Å². The van der Waals surface area contributed by atoms with Gasteiger partial charge in [-0.2, -0.15) is 0 Å². The molecule has 126 valence electrons. The van der Waals surface area contributed by atoms with Crippen LogP contribution in [0.2, 0.25) is 10.0 Å². The van der Waals surface area contributed by atoms with Crippen LogP contribution in [0.1, 0.15) is 20.8 Å². The molecule has 1 rings (SSSR count). The fourth-order valence-electron chi connectivity index (χ4n) is 1.68. The first-order chi connectivity index (χ1) is 10.4. The third kappa shape index (κ3) is 3.96. The van der Waals surface area contributed by atoms with Crippen molar-refractivity contribution in [3.63, 3.8) is 0 Å². The Kier molecular flexibility index (Phi) is 5.33. The summed E-state index contributed by atoms with van der Waals surface area (Å²) < 4.78 is 0. The number of benzene rings is 1. The molecule has 0 heterocycles. The summed E-state index contributed by atoms with van der Waals surface area (Å²) in [5, 5.41) is 34.3. The fraction of sp³-hybridized carbons (Fsp3) is 0.455. The van der Waals surface area contributed by atoms with Crippen LogP contribution < -0.4 is 5.32 Å². The number of anilines is 1. The predicted molar refractivity (Wildman–Crippen MR) is 84.4 cm³/mol. The summed E-state index contributed by atoms with van der Waals surface area (Å²) >= 11 is 11.4. The lowest BCUT2D eigenvalue weighted by Crippen LogP contribution is -2.20. The highest BCUT2D eigenvalue weighted by atomic mass is 35.5. The second kappa shape index (κ2) is 6.50. The van der Waals surface area contributed by atoms with Crippen LogP contribution in [0.15, 0.2) is 0 Å². The van der Waals surface area contributed by atoms with Gasteiger partial charge in [0.1, 0.15) is 0 Å². The lowest BCUT2D eigenvalue weighted by atomic mass is 9.96. The van der Waals surface area contributed by atoms with Crippen molar-refractivity contribution < 1.29 is 14.8 Å². The highest BCUT2D eigenvalue weighted by Gasteiger charge is 2.41. The molecule has 0 saturated carbocycles. The topological polar surface area (TPSA) is 141 Å². The van der Waals surface area contributed by atoms with Crippen molar-refractivity contribution in [2.45, 2.75) is 20.8 Å². The quantitative estimate of drug-likeness (QED) is 0.608. The SMILES string of the molecule is CC(C)(C)CNc1c([N+](=O)[O-])c(Cl)c([N+](=O)[O-])c(Cl)c1[N+](=O)[O-]. The average Bonchev–Trinajstić information content (AvgIpc) is 2.33. The maximum atomic E-state index is 11.2. The van der Waals surface area contributed by atoms with E-state index in [4.69, 9.17) is 23.2 Å². The predicted octanol–water partition coefficient (Wildman–Crippen LogP) is 4.18. The minimum atomic E-state index is -1.10. The van der Waals surface area contributed by atoms with E-state index in [1.165, 1.54) is 0 Å². The average molecular weight is 367 g/mol. The smallest absolute Gasteiger partial charge is 0.325 e. The standard InChI is InChI=1S/C11H12Cl2N4O6/c1-11(2,3)4-14-7-9(16(20)21)5(12)8(15(18)19)6(13)10(7)17(22)23/h14H,4H2,1-3H3. The van der Waals surface area contributed by atoms with E-state index >= 15 is 0 Å². The van der Waals surface area contributed by atoms with Crippen molar-refractivity contribution >= 4 is 46.0 Å². The van der Waals surface area contributed by atoms with Crippen LogP contribution >= 0.6 is 23.2 Å². The molecule has 0 aliphatic heterocycles. The van der Waals surface area contributed by atoms with Gasteiger partial charge in [0, 0.05) is 6.54 Å². The second-order valence-corrected chi connectivity index (χ2v) is 6.49. The van der Waals surface area contributed by atoms with Crippen LogP contribution in [0.5, 0.6) is 0 Å². The van der Waals surface area contributed by atoms with E-state index in [2.05, 4.69) is 5.32 Å². The van der Waals surface area contributed by atoms with Crippen molar-refractivity contribution in [3.8, 4) is 0 Å². The van der Waals surface area contributed by atoms with Gasteiger partial charge in [0.05, 0.1) is 14.8 Å². The van der Waals surface area contributed by atoms with E-state index < -0.39 is 47.6 Å². The van der Waals surface area contributed by atoms with Crippen LogP contribution in [0.4, 0.5) is 22.7 Å². The molecule has 0 saturated heterocycles. The Morgan fingerprint density at radius 3 is 1.48 bits per heavy atom. The van der Waals surface area contributed by atoms with E-state index in [1.54, 1.807) is 20.8 Å². The first kappa shape index (κ1) is 18.8. The Morgan fingerprint density at radius 1 is 0.870 bits per heavy atom. The summed E-state index contributed by atoms with van der Waals surface area (Å²) in [4.78, 5) is 30.3. The lowest BCUT2D eigenvalue weighted by molar-refractivity contribution is -0.401. The highest BCUT2D eigenvalue weighted by Crippen LogP contribution is 2.51. The number of rotatable bonds is 5. The summed E-state index contributed by atoms with van der Waals surface area (Å²) in [6.45, 7) is 5.46. The van der Waals surface area contributed by atoms with Crippen LogP contribution in [-0.2, 0) is 0 Å². The number of nitro groups is 3. The summed E-state index contributed by atoms with van der Waals surface area (Å²) in [6, 6.07) is 0. The van der Waals surface area contributed by atoms with Crippen LogP contribution in [0.25, 0.3) is 0 Å². The first-order valence-corrected chi connectivity index (χ1v) is 6.86. The second-order valence-electron chi connectivity index (χ2n) is 5.73. The van der Waals surface area contributed by atoms with E-state index in [0.29, 0.717) is 0 Å². The third-order valence-electron chi connectivity index (χ3n) is 2.65. The van der Waals surface area contributed by atoms with Crippen molar-refractivity contribution in [2.75, 3.05) is 11.9 Å². The number of halogens is 2. The van der Waals surface area contributed by atoms with Gasteiger partial charge in [0.15, 0.2) is 5.69 Å². The molecule has 0 atom stereocenters. The molecule has 23 heavy (non-hydrogen) atoms. The van der Waals surface area contributed by atoms with Crippen LogP contribution in [-0.4, -0.2) is 21.3 Å². The minimum Gasteiger partial charge on any atom is -0.373 e. The molecule has 1 aromatic carbocycles. The third-order valence-corrected chi connectivity index (χ3v) is 3.36. The van der Waals surface area contributed by atoms with E-state index in [9.17, 15) is 30.3 Å². The summed E-state index contributed by atoms with van der Waals surface area (Å²) in [5.74, 6) is 0. The number of nitro benzene ring substituents is 3. The molecule has 0 aromatic heterocycles. The Hall–Kier alpha value is -2.20. The molecule has 1 aromatic rings. The van der Waals surface area contributed by atoms with Gasteiger partial charge in [-0.15, -0.1) is 0 Å². The van der Waals surface area contributed by atoms with Gasteiger partial charge in [-0.3, -0.25) is 30.3 Å². The van der Waals surface area contributed by atoms with Crippen molar-refractivity contribution in [1.29, 1.82) is 0 Å². The fourth-order valence-corrected chi connectivity index (χ4v) is 2.38. The molecular formula is C11H12Cl2N4O6. The molecule has 12 heteroatoms. The van der Waals surface area contributed by atoms with Gasteiger partial charge in [0.2, 0.25) is 10.0 Å². The van der Waals surface area contributed by atoms with Crippen molar-refractivity contribution in [2.24, 2.45) is 5.41 Å². The Labute approximate surface area is 139 Å². The summed E-state index contributed by atoms with van der Waals surface area (Å²) in [5.41, 5.74) is -3.94. The normalized spacial score (nSPS) is 11.2. The number of hydrogen-bond acceptors (Lipinski definition) is 7. The maximum Gasteiger partial charge on any atom is 0.325 e. The number of nitrogens with zero attached hydrogens (tertiary/aromatic N) is 3.